The highest BCUT2D eigenvalue weighted by atomic mass is 16.5. The van der Waals surface area contributed by atoms with Gasteiger partial charge in [0.1, 0.15) is 18.0 Å². The van der Waals surface area contributed by atoms with Crippen LogP contribution in [0.15, 0.2) is 41.1 Å². The number of nitrogens with zero attached hydrogens (tertiary/aromatic N) is 2. The number of carbonyl (C=O) groups is 2. The molecule has 0 aliphatic carbocycles. The van der Waals surface area contributed by atoms with Gasteiger partial charge >= 0.3 is 5.97 Å². The number of carbonyl (C=O) groups excluding carboxylic acids is 1. The van der Waals surface area contributed by atoms with E-state index in [1.165, 1.54) is 12.3 Å². The quantitative estimate of drug-likeness (QED) is 0.632. The summed E-state index contributed by atoms with van der Waals surface area (Å²) in [6.07, 6.45) is 1.35. The number of aryl methyl sites for hydroxylation is 2. The monoisotopic (exact) mass is 367 g/mol. The largest absolute Gasteiger partial charge is 0.505 e. The fourth-order valence-corrected chi connectivity index (χ4v) is 2.67. The van der Waals surface area contributed by atoms with Gasteiger partial charge in [-0.1, -0.05) is 22.3 Å². The molecule has 3 aromatic rings. The van der Waals surface area contributed by atoms with Crippen molar-refractivity contribution in [2.45, 2.75) is 13.8 Å². The lowest BCUT2D eigenvalue weighted by Crippen LogP contribution is -2.29. The number of aliphatic carboxylic acids is 1. The Labute approximate surface area is 154 Å². The third kappa shape index (κ3) is 4.12. The summed E-state index contributed by atoms with van der Waals surface area (Å²) in [4.78, 5) is 26.2. The van der Waals surface area contributed by atoms with Crippen LogP contribution in [0.2, 0.25) is 0 Å². The molecule has 8 nitrogen and oxygen atoms in total. The minimum atomic E-state index is -1.19. The number of nitrogens with one attached hydrogen (secondary N) is 1. The summed E-state index contributed by atoms with van der Waals surface area (Å²) in [6, 6.07) is 9.06. The zero-order valence-electron chi connectivity index (χ0n) is 14.7. The molecule has 138 valence electrons. The summed E-state index contributed by atoms with van der Waals surface area (Å²) in [6.45, 7) is 3.42. The molecule has 0 bridgehead atoms. The van der Waals surface area contributed by atoms with Crippen molar-refractivity contribution in [3.8, 4) is 28.3 Å². The van der Waals surface area contributed by atoms with Crippen LogP contribution in [0.1, 0.15) is 21.6 Å². The maximum atomic E-state index is 11.8. The van der Waals surface area contributed by atoms with Crippen molar-refractivity contribution in [3.05, 3.63) is 53.3 Å². The molecule has 0 aliphatic rings. The van der Waals surface area contributed by atoms with Crippen molar-refractivity contribution in [3.63, 3.8) is 0 Å². The van der Waals surface area contributed by atoms with Gasteiger partial charge in [0, 0.05) is 23.4 Å². The van der Waals surface area contributed by atoms with Crippen LogP contribution in [0.3, 0.4) is 0 Å². The van der Waals surface area contributed by atoms with E-state index in [1.807, 2.05) is 26.0 Å². The molecule has 0 atom stereocenters. The van der Waals surface area contributed by atoms with Gasteiger partial charge in [-0.05, 0) is 32.0 Å². The molecule has 0 saturated heterocycles. The Balaban J connectivity index is 1.85. The number of pyridine rings is 1. The minimum absolute atomic E-state index is 0.269. The van der Waals surface area contributed by atoms with Crippen molar-refractivity contribution in [1.82, 2.24) is 15.5 Å². The van der Waals surface area contributed by atoms with E-state index in [2.05, 4.69) is 21.5 Å². The van der Waals surface area contributed by atoms with E-state index in [0.29, 0.717) is 17.0 Å². The van der Waals surface area contributed by atoms with Gasteiger partial charge in [-0.15, -0.1) is 0 Å². The molecular formula is C19H17N3O5. The highest BCUT2D eigenvalue weighted by Gasteiger charge is 2.17. The van der Waals surface area contributed by atoms with E-state index in [9.17, 15) is 14.7 Å². The Morgan fingerprint density at radius 1 is 1.07 bits per heavy atom. The van der Waals surface area contributed by atoms with Crippen molar-refractivity contribution < 1.29 is 24.3 Å². The van der Waals surface area contributed by atoms with Crippen LogP contribution in [0.25, 0.3) is 22.6 Å². The predicted octanol–water partition coefficient (Wildman–Crippen LogP) is 2.54. The lowest BCUT2D eigenvalue weighted by Gasteiger charge is -2.05. The van der Waals surface area contributed by atoms with E-state index < -0.39 is 18.4 Å². The van der Waals surface area contributed by atoms with Crippen LogP contribution < -0.4 is 5.32 Å². The highest BCUT2D eigenvalue weighted by molar-refractivity contribution is 5.96. The number of hydrogen-bond acceptors (Lipinski definition) is 6. The molecule has 8 heteroatoms. The lowest BCUT2D eigenvalue weighted by atomic mass is 10.0. The van der Waals surface area contributed by atoms with Gasteiger partial charge in [0.05, 0.1) is 0 Å². The lowest BCUT2D eigenvalue weighted by molar-refractivity contribution is -0.135. The highest BCUT2D eigenvalue weighted by Crippen LogP contribution is 2.29. The Bertz CT molecular complexity index is 1010. The number of carboxylic acid groups (broad SMARTS) is 1. The molecule has 3 rings (SSSR count). The van der Waals surface area contributed by atoms with Gasteiger partial charge in [-0.2, -0.15) is 0 Å². The molecule has 27 heavy (non-hydrogen) atoms. The second-order valence-corrected chi connectivity index (χ2v) is 6.12. The van der Waals surface area contributed by atoms with Crippen molar-refractivity contribution >= 4 is 11.9 Å². The number of aromatic hydroxyl groups is 1. The summed E-state index contributed by atoms with van der Waals surface area (Å²) in [5.41, 5.74) is 3.92. The normalized spacial score (nSPS) is 10.6. The second-order valence-electron chi connectivity index (χ2n) is 6.12. The van der Waals surface area contributed by atoms with Crippen LogP contribution >= 0.6 is 0 Å². The number of hydrogen-bond donors (Lipinski definition) is 3. The SMILES string of the molecule is Cc1cc(C)cc(-c2cc(-c3cnc(C(=O)NCC(=O)O)c(O)c3)on2)c1. The number of carboxylic acids is 1. The Morgan fingerprint density at radius 2 is 1.78 bits per heavy atom. The summed E-state index contributed by atoms with van der Waals surface area (Å²) in [5.74, 6) is -1.99. The van der Waals surface area contributed by atoms with Gasteiger partial charge in [0.25, 0.3) is 5.91 Å². The van der Waals surface area contributed by atoms with E-state index in [-0.39, 0.29) is 11.4 Å². The fourth-order valence-electron chi connectivity index (χ4n) is 2.67. The van der Waals surface area contributed by atoms with Gasteiger partial charge in [-0.3, -0.25) is 9.59 Å². The van der Waals surface area contributed by atoms with Crippen LogP contribution in [-0.4, -0.2) is 38.8 Å². The molecule has 0 saturated carbocycles. The Hall–Kier alpha value is -3.68. The first-order valence-electron chi connectivity index (χ1n) is 8.08. The molecular weight excluding hydrogens is 350 g/mol. The predicted molar refractivity (Wildman–Crippen MR) is 96.3 cm³/mol. The first kappa shape index (κ1) is 18.1. The molecule has 0 spiro atoms. The van der Waals surface area contributed by atoms with Crippen LogP contribution in [0, 0.1) is 13.8 Å². The zero-order chi connectivity index (χ0) is 19.6. The molecule has 1 aromatic carbocycles. The summed E-state index contributed by atoms with van der Waals surface area (Å²) >= 11 is 0. The molecule has 3 N–H and O–H groups in total. The summed E-state index contributed by atoms with van der Waals surface area (Å²) < 4.78 is 5.34. The van der Waals surface area contributed by atoms with Gasteiger partial charge in [-0.25, -0.2) is 4.98 Å². The average molecular weight is 367 g/mol. The maximum absolute atomic E-state index is 11.8. The number of amides is 1. The molecule has 2 aromatic heterocycles. The first-order valence-corrected chi connectivity index (χ1v) is 8.08. The topological polar surface area (TPSA) is 126 Å². The maximum Gasteiger partial charge on any atom is 0.322 e. The molecule has 0 fully saturated rings. The Morgan fingerprint density at radius 3 is 2.41 bits per heavy atom. The third-order valence-corrected chi connectivity index (χ3v) is 3.79. The van der Waals surface area contributed by atoms with E-state index in [1.54, 1.807) is 6.07 Å². The number of aromatic nitrogens is 2. The molecule has 0 unspecified atom stereocenters. The molecule has 1 amide bonds. The van der Waals surface area contributed by atoms with Gasteiger partial charge in [0.2, 0.25) is 0 Å². The smallest absolute Gasteiger partial charge is 0.322 e. The summed E-state index contributed by atoms with van der Waals surface area (Å²) in [5, 5.41) is 24.8. The fraction of sp³-hybridized carbons (Fsp3) is 0.158. The second kappa shape index (κ2) is 7.28. The van der Waals surface area contributed by atoms with Crippen molar-refractivity contribution in [2.75, 3.05) is 6.54 Å². The molecule has 0 aliphatic heterocycles. The van der Waals surface area contributed by atoms with E-state index in [0.717, 1.165) is 16.7 Å². The van der Waals surface area contributed by atoms with E-state index >= 15 is 0 Å². The zero-order valence-corrected chi connectivity index (χ0v) is 14.7. The Kier molecular flexibility index (Phi) is 4.89. The average Bonchev–Trinajstić information content (AvgIpc) is 3.09. The molecule has 0 radical (unpaired) electrons. The first-order chi connectivity index (χ1) is 12.8. The van der Waals surface area contributed by atoms with Crippen LogP contribution in [0.4, 0.5) is 0 Å². The van der Waals surface area contributed by atoms with Gasteiger partial charge in [0.15, 0.2) is 11.5 Å². The summed E-state index contributed by atoms with van der Waals surface area (Å²) in [7, 11) is 0. The third-order valence-electron chi connectivity index (χ3n) is 3.79. The van der Waals surface area contributed by atoms with Crippen LogP contribution in [0.5, 0.6) is 5.75 Å². The molecule has 2 heterocycles. The number of rotatable bonds is 5. The van der Waals surface area contributed by atoms with E-state index in [4.69, 9.17) is 9.63 Å². The standard InChI is InChI=1S/C19H17N3O5/c1-10-3-11(2)5-12(4-10)14-7-16(27-22-14)13-6-15(23)18(20-8-13)19(26)21-9-17(24)25/h3-8,23H,9H2,1-2H3,(H,21,26)(H,24,25). The van der Waals surface area contributed by atoms with Crippen molar-refractivity contribution in [1.29, 1.82) is 0 Å². The van der Waals surface area contributed by atoms with Crippen molar-refractivity contribution in [2.24, 2.45) is 0 Å². The number of benzene rings is 1. The van der Waals surface area contributed by atoms with Crippen LogP contribution in [-0.2, 0) is 4.79 Å². The van der Waals surface area contributed by atoms with Gasteiger partial charge < -0.3 is 20.1 Å². The minimum Gasteiger partial charge on any atom is -0.505 e.